The fourth-order valence-corrected chi connectivity index (χ4v) is 3.03. The van der Waals surface area contributed by atoms with E-state index in [1.54, 1.807) is 19.1 Å². The Kier molecular flexibility index (Phi) is 7.36. The molecule has 0 bridgehead atoms. The van der Waals surface area contributed by atoms with Crippen LogP contribution in [0.4, 0.5) is 8.78 Å². The van der Waals surface area contributed by atoms with Crippen molar-refractivity contribution < 1.29 is 18.4 Å². The number of rotatable bonds is 6. The summed E-state index contributed by atoms with van der Waals surface area (Å²) in [6, 6.07) is 9.03. The highest BCUT2D eigenvalue weighted by Gasteiger charge is 2.29. The zero-order chi connectivity index (χ0) is 21.8. The highest BCUT2D eigenvalue weighted by atomic mass is 35.5. The van der Waals surface area contributed by atoms with Gasteiger partial charge in [-0.25, -0.2) is 8.78 Å². The van der Waals surface area contributed by atoms with Gasteiger partial charge in [0.2, 0.25) is 11.8 Å². The Bertz CT molecular complexity index is 859. The third-order valence-corrected chi connectivity index (χ3v) is 4.68. The van der Waals surface area contributed by atoms with Crippen LogP contribution in [0.25, 0.3) is 0 Å². The standard InChI is InChI=1S/C22H25ClF2N2O2/c1-14(21(29)26-22(2,3)4)27(13-15-8-10-16(24)11-9-15)20(28)12-17-18(23)6-5-7-19(17)25/h5-11,14H,12-13H2,1-4H3,(H,26,29). The van der Waals surface area contributed by atoms with Gasteiger partial charge in [0.15, 0.2) is 0 Å². The van der Waals surface area contributed by atoms with Crippen LogP contribution in [0.15, 0.2) is 42.5 Å². The summed E-state index contributed by atoms with van der Waals surface area (Å²) < 4.78 is 27.4. The molecule has 1 unspecified atom stereocenters. The largest absolute Gasteiger partial charge is 0.350 e. The van der Waals surface area contributed by atoms with Crippen LogP contribution in [0, 0.1) is 11.6 Å². The number of nitrogens with one attached hydrogen (secondary N) is 1. The summed E-state index contributed by atoms with van der Waals surface area (Å²) in [4.78, 5) is 27.1. The lowest BCUT2D eigenvalue weighted by molar-refractivity contribution is -0.140. The molecule has 4 nitrogen and oxygen atoms in total. The van der Waals surface area contributed by atoms with Gasteiger partial charge in [0.1, 0.15) is 17.7 Å². The quantitative estimate of drug-likeness (QED) is 0.745. The highest BCUT2D eigenvalue weighted by Crippen LogP contribution is 2.21. The summed E-state index contributed by atoms with van der Waals surface area (Å²) in [7, 11) is 0. The predicted molar refractivity (Wildman–Crippen MR) is 109 cm³/mol. The predicted octanol–water partition coefficient (Wildman–Crippen LogP) is 4.49. The van der Waals surface area contributed by atoms with Crippen LogP contribution in [0.3, 0.4) is 0 Å². The van der Waals surface area contributed by atoms with Crippen molar-refractivity contribution in [1.29, 1.82) is 0 Å². The van der Waals surface area contributed by atoms with Gasteiger partial charge in [0.25, 0.3) is 0 Å². The Morgan fingerprint density at radius 1 is 1.10 bits per heavy atom. The van der Waals surface area contributed by atoms with Crippen molar-refractivity contribution in [3.63, 3.8) is 0 Å². The maximum atomic E-state index is 14.2. The molecule has 0 spiro atoms. The monoisotopic (exact) mass is 422 g/mol. The average Bonchev–Trinajstić information content (AvgIpc) is 2.62. The minimum Gasteiger partial charge on any atom is -0.350 e. The molecule has 0 saturated heterocycles. The fourth-order valence-electron chi connectivity index (χ4n) is 2.80. The zero-order valence-corrected chi connectivity index (χ0v) is 17.7. The second-order valence-corrected chi connectivity index (χ2v) is 8.35. The molecular weight excluding hydrogens is 398 g/mol. The van der Waals surface area contributed by atoms with Gasteiger partial charge in [-0.2, -0.15) is 0 Å². The van der Waals surface area contributed by atoms with Crippen LogP contribution in [0.1, 0.15) is 38.8 Å². The van der Waals surface area contributed by atoms with Gasteiger partial charge in [-0.1, -0.05) is 29.8 Å². The third-order valence-electron chi connectivity index (χ3n) is 4.32. The van der Waals surface area contributed by atoms with Crippen molar-refractivity contribution in [2.45, 2.75) is 52.2 Å². The van der Waals surface area contributed by atoms with E-state index in [1.807, 2.05) is 20.8 Å². The first kappa shape index (κ1) is 22.8. The van der Waals surface area contributed by atoms with Crippen LogP contribution >= 0.6 is 11.6 Å². The van der Waals surface area contributed by atoms with Gasteiger partial charge < -0.3 is 10.2 Å². The molecule has 0 fully saturated rings. The molecule has 156 valence electrons. The second kappa shape index (κ2) is 9.35. The van der Waals surface area contributed by atoms with E-state index in [0.717, 1.165) is 0 Å². The van der Waals surface area contributed by atoms with Crippen molar-refractivity contribution in [3.05, 3.63) is 70.2 Å². The molecule has 1 N–H and O–H groups in total. The maximum Gasteiger partial charge on any atom is 0.242 e. The summed E-state index contributed by atoms with van der Waals surface area (Å²) in [5.74, 6) is -1.78. The molecule has 1 atom stereocenters. The first-order chi connectivity index (χ1) is 13.5. The third kappa shape index (κ3) is 6.53. The van der Waals surface area contributed by atoms with E-state index in [4.69, 9.17) is 11.6 Å². The maximum absolute atomic E-state index is 14.2. The lowest BCUT2D eigenvalue weighted by Crippen LogP contribution is -2.52. The van der Waals surface area contributed by atoms with Gasteiger partial charge in [-0.3, -0.25) is 9.59 Å². The van der Waals surface area contributed by atoms with Crippen molar-refractivity contribution in [3.8, 4) is 0 Å². The molecule has 29 heavy (non-hydrogen) atoms. The van der Waals surface area contributed by atoms with Gasteiger partial charge >= 0.3 is 0 Å². The number of carbonyl (C=O) groups is 2. The van der Waals surface area contributed by atoms with E-state index >= 15 is 0 Å². The van der Waals surface area contributed by atoms with Gasteiger partial charge in [0, 0.05) is 22.7 Å². The van der Waals surface area contributed by atoms with E-state index in [9.17, 15) is 18.4 Å². The molecule has 7 heteroatoms. The van der Waals surface area contributed by atoms with E-state index in [1.165, 1.54) is 35.2 Å². The minimum atomic E-state index is -0.822. The van der Waals surface area contributed by atoms with Crippen molar-refractivity contribution in [1.82, 2.24) is 10.2 Å². The fraction of sp³-hybridized carbons (Fsp3) is 0.364. The number of benzene rings is 2. The zero-order valence-electron chi connectivity index (χ0n) is 16.9. The molecule has 2 aromatic carbocycles. The summed E-state index contributed by atoms with van der Waals surface area (Å²) in [5.41, 5.74) is 0.242. The van der Waals surface area contributed by atoms with E-state index in [-0.39, 0.29) is 29.5 Å². The molecule has 0 aromatic heterocycles. The molecule has 0 aliphatic rings. The lowest BCUT2D eigenvalue weighted by Gasteiger charge is -2.31. The second-order valence-electron chi connectivity index (χ2n) is 7.94. The number of halogens is 3. The lowest BCUT2D eigenvalue weighted by atomic mass is 10.1. The van der Waals surface area contributed by atoms with Gasteiger partial charge in [0.05, 0.1) is 6.42 Å². The van der Waals surface area contributed by atoms with Crippen LogP contribution < -0.4 is 5.32 Å². The molecule has 0 heterocycles. The summed E-state index contributed by atoms with van der Waals surface area (Å²) in [6.45, 7) is 7.18. The molecule has 2 aromatic rings. The molecule has 0 aliphatic carbocycles. The molecule has 0 aliphatic heterocycles. The van der Waals surface area contributed by atoms with Crippen molar-refractivity contribution >= 4 is 23.4 Å². The van der Waals surface area contributed by atoms with Crippen LogP contribution in [-0.2, 0) is 22.6 Å². The Hall–Kier alpha value is -2.47. The first-order valence-corrected chi connectivity index (χ1v) is 9.64. The van der Waals surface area contributed by atoms with Gasteiger partial charge in [-0.05, 0) is 57.5 Å². The molecular formula is C22H25ClF2N2O2. The molecule has 2 amide bonds. The topological polar surface area (TPSA) is 49.4 Å². The molecule has 0 saturated carbocycles. The first-order valence-electron chi connectivity index (χ1n) is 9.27. The number of hydrogen-bond donors (Lipinski definition) is 1. The Balaban J connectivity index is 2.30. The number of amides is 2. The number of carbonyl (C=O) groups excluding carboxylic acids is 2. The van der Waals surface area contributed by atoms with E-state index in [0.29, 0.717) is 5.56 Å². The molecule has 0 radical (unpaired) electrons. The van der Waals surface area contributed by atoms with E-state index in [2.05, 4.69) is 5.32 Å². The smallest absolute Gasteiger partial charge is 0.242 e. The minimum absolute atomic E-state index is 0.0733. The average molecular weight is 423 g/mol. The normalized spacial score (nSPS) is 12.4. The Morgan fingerprint density at radius 2 is 1.72 bits per heavy atom. The highest BCUT2D eigenvalue weighted by molar-refractivity contribution is 6.31. The number of nitrogens with zero attached hydrogens (tertiary/aromatic N) is 1. The van der Waals surface area contributed by atoms with Crippen LogP contribution in [-0.4, -0.2) is 28.3 Å². The van der Waals surface area contributed by atoms with Gasteiger partial charge in [-0.15, -0.1) is 0 Å². The van der Waals surface area contributed by atoms with Crippen LogP contribution in [0.2, 0.25) is 5.02 Å². The Labute approximate surface area is 174 Å². The SMILES string of the molecule is CC(C(=O)NC(C)(C)C)N(Cc1ccc(F)cc1)C(=O)Cc1c(F)cccc1Cl. The molecule has 2 rings (SSSR count). The Morgan fingerprint density at radius 3 is 2.28 bits per heavy atom. The van der Waals surface area contributed by atoms with E-state index < -0.39 is 29.1 Å². The van der Waals surface area contributed by atoms with Crippen molar-refractivity contribution in [2.75, 3.05) is 0 Å². The number of hydrogen-bond acceptors (Lipinski definition) is 2. The summed E-state index contributed by atoms with van der Waals surface area (Å²) in [5, 5.41) is 2.99. The van der Waals surface area contributed by atoms with Crippen molar-refractivity contribution in [2.24, 2.45) is 0 Å². The summed E-state index contributed by atoms with van der Waals surface area (Å²) >= 11 is 6.05. The summed E-state index contributed by atoms with van der Waals surface area (Å²) in [6.07, 6.45) is -0.292. The van der Waals surface area contributed by atoms with Crippen LogP contribution in [0.5, 0.6) is 0 Å².